The van der Waals surface area contributed by atoms with Crippen LogP contribution in [0.2, 0.25) is 0 Å². The highest BCUT2D eigenvalue weighted by molar-refractivity contribution is 5.81. The summed E-state index contributed by atoms with van der Waals surface area (Å²) in [5, 5.41) is 0. The fourth-order valence-electron chi connectivity index (χ4n) is 2.45. The molecule has 2 rings (SSSR count). The van der Waals surface area contributed by atoms with E-state index in [-0.39, 0.29) is 12.0 Å². The molecule has 17 heavy (non-hydrogen) atoms. The van der Waals surface area contributed by atoms with Gasteiger partial charge in [-0.05, 0) is 31.7 Å². The number of Topliss-reactive ketones (excluding diaryl/α,β-unsaturated/α-hetero) is 1. The molecular formula is C15H20O2. The van der Waals surface area contributed by atoms with Gasteiger partial charge in [0.2, 0.25) is 0 Å². The molecule has 0 bridgehead atoms. The monoisotopic (exact) mass is 232 g/mol. The molecule has 1 aliphatic rings. The highest BCUT2D eigenvalue weighted by atomic mass is 16.5. The Morgan fingerprint density at radius 1 is 1.35 bits per heavy atom. The highest BCUT2D eigenvalue weighted by Gasteiger charge is 2.29. The molecule has 2 atom stereocenters. The van der Waals surface area contributed by atoms with Crippen molar-refractivity contribution in [2.45, 2.75) is 38.7 Å². The van der Waals surface area contributed by atoms with Crippen molar-refractivity contribution in [3.63, 3.8) is 0 Å². The van der Waals surface area contributed by atoms with Crippen molar-refractivity contribution in [2.24, 2.45) is 5.92 Å². The van der Waals surface area contributed by atoms with Gasteiger partial charge in [0.1, 0.15) is 5.78 Å². The lowest BCUT2D eigenvalue weighted by molar-refractivity contribution is -0.124. The highest BCUT2D eigenvalue weighted by Crippen LogP contribution is 2.23. The third kappa shape index (κ3) is 3.40. The van der Waals surface area contributed by atoms with Crippen LogP contribution in [0.25, 0.3) is 0 Å². The van der Waals surface area contributed by atoms with Crippen LogP contribution < -0.4 is 0 Å². The molecule has 1 aromatic rings. The number of aryl methyl sites for hydroxylation is 1. The number of hydrogen-bond donors (Lipinski definition) is 0. The Bertz CT molecular complexity index is 358. The fourth-order valence-corrected chi connectivity index (χ4v) is 2.45. The third-order valence-electron chi connectivity index (χ3n) is 3.52. The average molecular weight is 232 g/mol. The van der Waals surface area contributed by atoms with Crippen molar-refractivity contribution in [1.29, 1.82) is 0 Å². The van der Waals surface area contributed by atoms with Crippen molar-refractivity contribution in [1.82, 2.24) is 0 Å². The molecular weight excluding hydrogens is 212 g/mol. The lowest BCUT2D eigenvalue weighted by Gasteiger charge is -2.12. The van der Waals surface area contributed by atoms with Crippen LogP contribution in [0.3, 0.4) is 0 Å². The van der Waals surface area contributed by atoms with Gasteiger partial charge in [0.15, 0.2) is 0 Å². The number of benzene rings is 1. The maximum Gasteiger partial charge on any atom is 0.138 e. The molecule has 1 saturated heterocycles. The van der Waals surface area contributed by atoms with Crippen LogP contribution >= 0.6 is 0 Å². The average Bonchev–Trinajstić information content (AvgIpc) is 2.77. The zero-order valence-electron chi connectivity index (χ0n) is 10.4. The molecule has 0 amide bonds. The van der Waals surface area contributed by atoms with E-state index >= 15 is 0 Å². The van der Waals surface area contributed by atoms with Crippen LogP contribution in [-0.2, 0) is 16.0 Å². The maximum atomic E-state index is 12.0. The van der Waals surface area contributed by atoms with Crippen molar-refractivity contribution >= 4 is 5.78 Å². The summed E-state index contributed by atoms with van der Waals surface area (Å²) in [4.78, 5) is 12.0. The minimum atomic E-state index is 0.124. The Hall–Kier alpha value is -1.15. The zero-order valence-corrected chi connectivity index (χ0v) is 10.4. The SMILES string of the molecule is C[C@@H]1OCC[C@H]1C(=O)CCCc1ccccc1. The normalized spacial score (nSPS) is 23.8. The topological polar surface area (TPSA) is 26.3 Å². The molecule has 1 aromatic carbocycles. The second-order valence-electron chi connectivity index (χ2n) is 4.78. The number of ketones is 1. The lowest BCUT2D eigenvalue weighted by Crippen LogP contribution is -2.21. The molecule has 1 fully saturated rings. The number of carbonyl (C=O) groups is 1. The van der Waals surface area contributed by atoms with Gasteiger partial charge in [-0.2, -0.15) is 0 Å². The Morgan fingerprint density at radius 2 is 2.12 bits per heavy atom. The molecule has 1 heterocycles. The number of carbonyl (C=O) groups excluding carboxylic acids is 1. The molecule has 2 heteroatoms. The molecule has 0 radical (unpaired) electrons. The number of hydrogen-bond acceptors (Lipinski definition) is 2. The van der Waals surface area contributed by atoms with E-state index in [1.165, 1.54) is 5.56 Å². The first-order valence-corrected chi connectivity index (χ1v) is 6.45. The maximum absolute atomic E-state index is 12.0. The predicted molar refractivity (Wildman–Crippen MR) is 67.9 cm³/mol. The van der Waals surface area contributed by atoms with Crippen LogP contribution in [0, 0.1) is 5.92 Å². The summed E-state index contributed by atoms with van der Waals surface area (Å²) in [5.74, 6) is 0.525. The van der Waals surface area contributed by atoms with E-state index < -0.39 is 0 Å². The van der Waals surface area contributed by atoms with E-state index in [1.807, 2.05) is 25.1 Å². The summed E-state index contributed by atoms with van der Waals surface area (Å²) in [5.41, 5.74) is 1.32. The summed E-state index contributed by atoms with van der Waals surface area (Å²) in [6.07, 6.45) is 3.67. The summed E-state index contributed by atoms with van der Waals surface area (Å²) in [6, 6.07) is 10.3. The van der Waals surface area contributed by atoms with E-state index in [0.29, 0.717) is 12.2 Å². The van der Waals surface area contributed by atoms with Gasteiger partial charge in [-0.25, -0.2) is 0 Å². The Balaban J connectivity index is 1.73. The van der Waals surface area contributed by atoms with E-state index in [0.717, 1.165) is 25.9 Å². The van der Waals surface area contributed by atoms with Crippen molar-refractivity contribution in [2.75, 3.05) is 6.61 Å². The van der Waals surface area contributed by atoms with E-state index in [2.05, 4.69) is 12.1 Å². The standard InChI is InChI=1S/C15H20O2/c1-12-14(10-11-17-12)15(16)9-5-8-13-6-3-2-4-7-13/h2-4,6-7,12,14H,5,8-11H2,1H3/t12-,14+/m0/s1. The van der Waals surface area contributed by atoms with E-state index in [9.17, 15) is 4.79 Å². The molecule has 1 aliphatic heterocycles. The van der Waals surface area contributed by atoms with E-state index in [4.69, 9.17) is 4.74 Å². The van der Waals surface area contributed by atoms with Gasteiger partial charge in [-0.15, -0.1) is 0 Å². The fraction of sp³-hybridized carbons (Fsp3) is 0.533. The summed E-state index contributed by atoms with van der Waals surface area (Å²) >= 11 is 0. The molecule has 0 aliphatic carbocycles. The van der Waals surface area contributed by atoms with Gasteiger partial charge in [0.25, 0.3) is 0 Å². The van der Waals surface area contributed by atoms with Crippen LogP contribution in [0.1, 0.15) is 31.7 Å². The molecule has 0 aromatic heterocycles. The molecule has 0 unspecified atom stereocenters. The van der Waals surface area contributed by atoms with Gasteiger partial charge in [-0.1, -0.05) is 30.3 Å². The lowest BCUT2D eigenvalue weighted by atomic mass is 9.93. The van der Waals surface area contributed by atoms with Crippen LogP contribution in [0.5, 0.6) is 0 Å². The van der Waals surface area contributed by atoms with Crippen LogP contribution in [0.4, 0.5) is 0 Å². The molecule has 2 nitrogen and oxygen atoms in total. The van der Waals surface area contributed by atoms with Crippen LogP contribution in [-0.4, -0.2) is 18.5 Å². The second kappa shape index (κ2) is 5.97. The zero-order chi connectivity index (χ0) is 12.1. The Labute approximate surface area is 103 Å². The number of rotatable bonds is 5. The predicted octanol–water partition coefficient (Wildman–Crippen LogP) is 3.00. The number of ether oxygens (including phenoxy) is 1. The third-order valence-corrected chi connectivity index (χ3v) is 3.52. The largest absolute Gasteiger partial charge is 0.378 e. The second-order valence-corrected chi connectivity index (χ2v) is 4.78. The molecule has 0 spiro atoms. The van der Waals surface area contributed by atoms with Gasteiger partial charge >= 0.3 is 0 Å². The summed E-state index contributed by atoms with van der Waals surface area (Å²) in [6.45, 7) is 2.75. The Morgan fingerprint density at radius 3 is 2.76 bits per heavy atom. The van der Waals surface area contributed by atoms with Crippen molar-refractivity contribution < 1.29 is 9.53 Å². The smallest absolute Gasteiger partial charge is 0.138 e. The van der Waals surface area contributed by atoms with Gasteiger partial charge < -0.3 is 4.74 Å². The summed E-state index contributed by atoms with van der Waals surface area (Å²) in [7, 11) is 0. The molecule has 0 saturated carbocycles. The van der Waals surface area contributed by atoms with Crippen molar-refractivity contribution in [3.05, 3.63) is 35.9 Å². The first-order chi connectivity index (χ1) is 8.27. The summed E-state index contributed by atoms with van der Waals surface area (Å²) < 4.78 is 5.43. The van der Waals surface area contributed by atoms with Gasteiger partial charge in [-0.3, -0.25) is 4.79 Å². The quantitative estimate of drug-likeness (QED) is 0.780. The first-order valence-electron chi connectivity index (χ1n) is 6.45. The minimum Gasteiger partial charge on any atom is -0.378 e. The Kier molecular flexibility index (Phi) is 4.32. The van der Waals surface area contributed by atoms with Gasteiger partial charge in [0.05, 0.1) is 6.10 Å². The van der Waals surface area contributed by atoms with E-state index in [1.54, 1.807) is 0 Å². The van der Waals surface area contributed by atoms with Crippen LogP contribution in [0.15, 0.2) is 30.3 Å². The molecule has 92 valence electrons. The minimum absolute atomic E-state index is 0.124. The van der Waals surface area contributed by atoms with Crippen molar-refractivity contribution in [3.8, 4) is 0 Å². The van der Waals surface area contributed by atoms with Gasteiger partial charge in [0, 0.05) is 18.9 Å². The molecule has 0 N–H and O–H groups in total. The first kappa shape index (κ1) is 12.3.